The highest BCUT2D eigenvalue weighted by Gasteiger charge is 2.13. The molecule has 1 rings (SSSR count). The summed E-state index contributed by atoms with van der Waals surface area (Å²) in [5.74, 6) is 0.513. The number of oxazole rings is 1. The number of rotatable bonds is 4. The zero-order valence-electron chi connectivity index (χ0n) is 8.70. The molecule has 0 saturated carbocycles. The molecule has 0 aliphatic carbocycles. The van der Waals surface area contributed by atoms with Crippen molar-refractivity contribution in [3.63, 3.8) is 0 Å². The molecule has 2 N–H and O–H groups in total. The molecular formula is C9H15N3O2. The number of carbonyl (C=O) groups is 1. The Morgan fingerprint density at radius 2 is 2.21 bits per heavy atom. The van der Waals surface area contributed by atoms with Gasteiger partial charge in [0, 0.05) is 13.0 Å². The van der Waals surface area contributed by atoms with Crippen LogP contribution in [0.5, 0.6) is 0 Å². The number of hydrogen-bond donors (Lipinski definition) is 1. The van der Waals surface area contributed by atoms with Crippen molar-refractivity contribution in [3.05, 3.63) is 17.3 Å². The van der Waals surface area contributed by atoms with Gasteiger partial charge in [0.25, 0.3) is 5.91 Å². The summed E-state index contributed by atoms with van der Waals surface area (Å²) in [6.07, 6.45) is 0.682. The molecule has 1 aromatic rings. The molecule has 0 aliphatic heterocycles. The second kappa shape index (κ2) is 4.23. The molecule has 5 nitrogen and oxygen atoms in total. The molecule has 0 saturated heterocycles. The molecule has 0 unspecified atom stereocenters. The van der Waals surface area contributed by atoms with Crippen molar-refractivity contribution >= 4 is 5.91 Å². The minimum atomic E-state index is -0.539. The fraction of sp³-hybridized carbons (Fsp3) is 0.556. The van der Waals surface area contributed by atoms with Gasteiger partial charge in [-0.05, 0) is 21.0 Å². The molecule has 0 aromatic carbocycles. The van der Waals surface area contributed by atoms with E-state index in [2.05, 4.69) is 4.98 Å². The van der Waals surface area contributed by atoms with Crippen molar-refractivity contribution in [1.82, 2.24) is 9.88 Å². The van der Waals surface area contributed by atoms with E-state index in [9.17, 15) is 4.79 Å². The highest BCUT2D eigenvalue weighted by Crippen LogP contribution is 2.09. The van der Waals surface area contributed by atoms with Crippen molar-refractivity contribution < 1.29 is 9.21 Å². The van der Waals surface area contributed by atoms with Crippen LogP contribution in [0.2, 0.25) is 0 Å². The number of hydrogen-bond acceptors (Lipinski definition) is 4. The average Bonchev–Trinajstić information content (AvgIpc) is 2.43. The van der Waals surface area contributed by atoms with E-state index in [0.29, 0.717) is 18.1 Å². The van der Waals surface area contributed by atoms with Gasteiger partial charge in [-0.15, -0.1) is 0 Å². The summed E-state index contributed by atoms with van der Waals surface area (Å²) >= 11 is 0. The molecule has 0 fully saturated rings. The van der Waals surface area contributed by atoms with Crippen LogP contribution in [0.15, 0.2) is 4.42 Å². The fourth-order valence-corrected chi connectivity index (χ4v) is 1.11. The van der Waals surface area contributed by atoms with Crippen molar-refractivity contribution in [3.8, 4) is 0 Å². The standard InChI is InChI=1S/C9H15N3O2/c1-6-8(9(10)13)11-7(14-6)4-5-12(2)3/h4-5H2,1-3H3,(H2,10,13). The van der Waals surface area contributed by atoms with E-state index >= 15 is 0 Å². The second-order valence-electron chi connectivity index (χ2n) is 3.43. The van der Waals surface area contributed by atoms with Gasteiger partial charge in [0.05, 0.1) is 0 Å². The normalized spacial score (nSPS) is 10.9. The van der Waals surface area contributed by atoms with E-state index in [1.165, 1.54) is 0 Å². The van der Waals surface area contributed by atoms with Gasteiger partial charge in [0.15, 0.2) is 11.6 Å². The first-order valence-corrected chi connectivity index (χ1v) is 4.41. The van der Waals surface area contributed by atoms with E-state index < -0.39 is 5.91 Å². The number of carbonyl (C=O) groups excluding carboxylic acids is 1. The third kappa shape index (κ3) is 2.56. The maximum absolute atomic E-state index is 10.9. The lowest BCUT2D eigenvalue weighted by Crippen LogP contribution is -2.16. The van der Waals surface area contributed by atoms with Gasteiger partial charge in [-0.25, -0.2) is 4.98 Å². The molecule has 1 heterocycles. The first kappa shape index (κ1) is 10.7. The Bertz CT molecular complexity index is 331. The maximum atomic E-state index is 10.9. The lowest BCUT2D eigenvalue weighted by atomic mass is 10.3. The molecule has 5 heteroatoms. The second-order valence-corrected chi connectivity index (χ2v) is 3.43. The number of aromatic nitrogens is 1. The van der Waals surface area contributed by atoms with E-state index in [4.69, 9.17) is 10.2 Å². The van der Waals surface area contributed by atoms with Gasteiger partial charge >= 0.3 is 0 Å². The lowest BCUT2D eigenvalue weighted by molar-refractivity contribution is 0.0994. The molecule has 1 aromatic heterocycles. The van der Waals surface area contributed by atoms with Crippen LogP contribution in [0.1, 0.15) is 22.1 Å². The van der Waals surface area contributed by atoms with Gasteiger partial charge in [-0.1, -0.05) is 0 Å². The Kier molecular flexibility index (Phi) is 3.24. The van der Waals surface area contributed by atoms with Crippen LogP contribution >= 0.6 is 0 Å². The van der Waals surface area contributed by atoms with Crippen LogP contribution in [-0.2, 0) is 6.42 Å². The molecule has 78 valence electrons. The van der Waals surface area contributed by atoms with Crippen LogP contribution in [-0.4, -0.2) is 36.4 Å². The molecule has 0 radical (unpaired) electrons. The highest BCUT2D eigenvalue weighted by molar-refractivity contribution is 5.91. The van der Waals surface area contributed by atoms with Crippen LogP contribution in [0, 0.1) is 6.92 Å². The van der Waals surface area contributed by atoms with Crippen molar-refractivity contribution in [2.45, 2.75) is 13.3 Å². The smallest absolute Gasteiger partial charge is 0.270 e. The summed E-state index contributed by atoms with van der Waals surface area (Å²) in [6, 6.07) is 0. The Morgan fingerprint density at radius 1 is 1.57 bits per heavy atom. The predicted octanol–water partition coefficient (Wildman–Crippen LogP) is 0.186. The van der Waals surface area contributed by atoms with E-state index in [-0.39, 0.29) is 5.69 Å². The average molecular weight is 197 g/mol. The van der Waals surface area contributed by atoms with E-state index in [1.807, 2.05) is 19.0 Å². The van der Waals surface area contributed by atoms with Gasteiger partial charge in [0.1, 0.15) is 5.76 Å². The highest BCUT2D eigenvalue weighted by atomic mass is 16.4. The van der Waals surface area contributed by atoms with Crippen LogP contribution in [0.4, 0.5) is 0 Å². The lowest BCUT2D eigenvalue weighted by Gasteiger charge is -2.05. The molecule has 0 aliphatic rings. The van der Waals surface area contributed by atoms with Crippen molar-refractivity contribution in [1.29, 1.82) is 0 Å². The van der Waals surface area contributed by atoms with Gasteiger partial charge < -0.3 is 15.1 Å². The zero-order chi connectivity index (χ0) is 10.7. The molecular weight excluding hydrogens is 182 g/mol. The molecule has 14 heavy (non-hydrogen) atoms. The Labute approximate surface area is 82.9 Å². The summed E-state index contributed by atoms with van der Waals surface area (Å²) in [5.41, 5.74) is 5.35. The largest absolute Gasteiger partial charge is 0.445 e. The number of amides is 1. The topological polar surface area (TPSA) is 72.4 Å². The molecule has 0 atom stereocenters. The monoisotopic (exact) mass is 197 g/mol. The summed E-state index contributed by atoms with van der Waals surface area (Å²) in [7, 11) is 3.93. The summed E-state index contributed by atoms with van der Waals surface area (Å²) < 4.78 is 5.29. The number of likely N-dealkylation sites (N-methyl/N-ethyl adjacent to an activating group) is 1. The van der Waals surface area contributed by atoms with Crippen molar-refractivity contribution in [2.75, 3.05) is 20.6 Å². The Morgan fingerprint density at radius 3 is 2.64 bits per heavy atom. The zero-order valence-corrected chi connectivity index (χ0v) is 8.70. The summed E-state index contributed by atoms with van der Waals surface area (Å²) in [5, 5.41) is 0. The number of aryl methyl sites for hydroxylation is 1. The minimum absolute atomic E-state index is 0.235. The Balaban J connectivity index is 2.71. The molecule has 1 amide bonds. The maximum Gasteiger partial charge on any atom is 0.270 e. The van der Waals surface area contributed by atoms with Crippen LogP contribution in [0.3, 0.4) is 0 Å². The third-order valence-electron chi connectivity index (χ3n) is 1.85. The van der Waals surface area contributed by atoms with Crippen LogP contribution in [0.25, 0.3) is 0 Å². The number of nitrogens with two attached hydrogens (primary N) is 1. The van der Waals surface area contributed by atoms with Gasteiger partial charge in [-0.3, -0.25) is 4.79 Å². The van der Waals surface area contributed by atoms with Gasteiger partial charge in [0.2, 0.25) is 0 Å². The van der Waals surface area contributed by atoms with Gasteiger partial charge in [-0.2, -0.15) is 0 Å². The Hall–Kier alpha value is -1.36. The molecule has 0 bridgehead atoms. The summed E-state index contributed by atoms with van der Waals surface area (Å²) in [6.45, 7) is 2.52. The number of nitrogens with zero attached hydrogens (tertiary/aromatic N) is 2. The van der Waals surface area contributed by atoms with E-state index in [1.54, 1.807) is 6.92 Å². The third-order valence-corrected chi connectivity index (χ3v) is 1.85. The van der Waals surface area contributed by atoms with Crippen LogP contribution < -0.4 is 5.73 Å². The summed E-state index contributed by atoms with van der Waals surface area (Å²) in [4.78, 5) is 16.9. The van der Waals surface area contributed by atoms with E-state index in [0.717, 1.165) is 6.54 Å². The SMILES string of the molecule is Cc1oc(CCN(C)C)nc1C(N)=O. The quantitative estimate of drug-likeness (QED) is 0.747. The first-order valence-electron chi connectivity index (χ1n) is 4.41. The number of primary amides is 1. The first-order chi connectivity index (χ1) is 6.50. The molecule has 0 spiro atoms. The fourth-order valence-electron chi connectivity index (χ4n) is 1.11. The van der Waals surface area contributed by atoms with Crippen molar-refractivity contribution in [2.24, 2.45) is 5.73 Å². The predicted molar refractivity (Wildman–Crippen MR) is 52.0 cm³/mol. The minimum Gasteiger partial charge on any atom is -0.445 e.